The molecule has 0 spiro atoms. The van der Waals surface area contributed by atoms with Crippen molar-refractivity contribution < 1.29 is 19.3 Å². The van der Waals surface area contributed by atoms with Gasteiger partial charge in [-0.3, -0.25) is 0 Å². The topological polar surface area (TPSA) is 47.9 Å². The van der Waals surface area contributed by atoms with Crippen molar-refractivity contribution in [2.24, 2.45) is 0 Å². The Morgan fingerprint density at radius 2 is 1.57 bits per heavy atom. The minimum Gasteiger partial charge on any atom is -0.493 e. The number of aliphatic hydroxyl groups excluding tert-OH is 1. The van der Waals surface area contributed by atoms with E-state index in [-0.39, 0.29) is 0 Å². The van der Waals surface area contributed by atoms with Gasteiger partial charge in [-0.05, 0) is 34.4 Å². The molecule has 1 aliphatic heterocycles. The molecular weight excluding hydrogens is 268 g/mol. The van der Waals surface area contributed by atoms with Gasteiger partial charge in [0.1, 0.15) is 6.10 Å². The zero-order valence-corrected chi connectivity index (χ0v) is 12.1. The van der Waals surface area contributed by atoms with Crippen LogP contribution in [0.25, 0.3) is 0 Å². The van der Waals surface area contributed by atoms with Gasteiger partial charge in [0, 0.05) is 0 Å². The third kappa shape index (κ3) is 2.60. The predicted molar refractivity (Wildman–Crippen MR) is 78.5 cm³/mol. The summed E-state index contributed by atoms with van der Waals surface area (Å²) in [7, 11) is 3.18. The van der Waals surface area contributed by atoms with Crippen LogP contribution in [0, 0.1) is 0 Å². The first-order chi connectivity index (χ1) is 10.2. The SMILES string of the molecule is COc1ccc(C(O)c2ccc3c(c2)COC3)cc1OC. The number of benzene rings is 2. The Balaban J connectivity index is 1.93. The normalized spacial score (nSPS) is 14.6. The molecule has 0 amide bonds. The van der Waals surface area contributed by atoms with Gasteiger partial charge < -0.3 is 19.3 Å². The van der Waals surface area contributed by atoms with E-state index in [1.807, 2.05) is 24.3 Å². The van der Waals surface area contributed by atoms with Crippen LogP contribution in [0.2, 0.25) is 0 Å². The van der Waals surface area contributed by atoms with Gasteiger partial charge in [0.15, 0.2) is 11.5 Å². The summed E-state index contributed by atoms with van der Waals surface area (Å²) >= 11 is 0. The van der Waals surface area contributed by atoms with Crippen LogP contribution >= 0.6 is 0 Å². The summed E-state index contributed by atoms with van der Waals surface area (Å²) in [5, 5.41) is 10.6. The maximum absolute atomic E-state index is 10.6. The van der Waals surface area contributed by atoms with Crippen LogP contribution in [0.5, 0.6) is 11.5 Å². The van der Waals surface area contributed by atoms with Crippen molar-refractivity contribution in [2.75, 3.05) is 14.2 Å². The maximum atomic E-state index is 10.6. The Hall–Kier alpha value is -2.04. The van der Waals surface area contributed by atoms with Crippen LogP contribution in [-0.4, -0.2) is 19.3 Å². The molecule has 3 rings (SSSR count). The number of rotatable bonds is 4. The lowest BCUT2D eigenvalue weighted by molar-refractivity contribution is 0.134. The number of ether oxygens (including phenoxy) is 3. The molecule has 1 heterocycles. The van der Waals surface area contributed by atoms with E-state index >= 15 is 0 Å². The van der Waals surface area contributed by atoms with E-state index in [9.17, 15) is 5.11 Å². The average molecular weight is 286 g/mol. The highest BCUT2D eigenvalue weighted by Crippen LogP contribution is 2.33. The fourth-order valence-corrected chi connectivity index (χ4v) is 2.58. The van der Waals surface area contributed by atoms with Gasteiger partial charge in [-0.15, -0.1) is 0 Å². The molecule has 0 saturated heterocycles. The zero-order valence-electron chi connectivity index (χ0n) is 12.1. The fourth-order valence-electron chi connectivity index (χ4n) is 2.58. The molecule has 21 heavy (non-hydrogen) atoms. The number of aliphatic hydroxyl groups is 1. The molecule has 0 bridgehead atoms. The average Bonchev–Trinajstić information content (AvgIpc) is 3.00. The summed E-state index contributed by atoms with van der Waals surface area (Å²) in [6.07, 6.45) is -0.698. The highest BCUT2D eigenvalue weighted by Gasteiger charge is 2.17. The van der Waals surface area contributed by atoms with E-state index in [0.29, 0.717) is 24.7 Å². The second kappa shape index (κ2) is 5.76. The zero-order chi connectivity index (χ0) is 14.8. The van der Waals surface area contributed by atoms with Gasteiger partial charge in [-0.1, -0.05) is 24.3 Å². The molecular formula is C17H18O4. The molecule has 1 atom stereocenters. The molecule has 2 aromatic carbocycles. The monoisotopic (exact) mass is 286 g/mol. The van der Waals surface area contributed by atoms with Gasteiger partial charge in [0.25, 0.3) is 0 Å². The highest BCUT2D eigenvalue weighted by atomic mass is 16.5. The van der Waals surface area contributed by atoms with Crippen molar-refractivity contribution in [3.05, 3.63) is 58.7 Å². The first-order valence-corrected chi connectivity index (χ1v) is 6.82. The molecule has 1 unspecified atom stereocenters. The fraction of sp³-hybridized carbons (Fsp3) is 0.294. The van der Waals surface area contributed by atoms with E-state index in [1.54, 1.807) is 26.4 Å². The molecule has 0 aromatic heterocycles. The van der Waals surface area contributed by atoms with E-state index in [4.69, 9.17) is 14.2 Å². The van der Waals surface area contributed by atoms with Crippen LogP contribution < -0.4 is 9.47 Å². The minimum atomic E-state index is -0.698. The van der Waals surface area contributed by atoms with Crippen LogP contribution in [0.1, 0.15) is 28.4 Å². The van der Waals surface area contributed by atoms with Crippen LogP contribution in [-0.2, 0) is 18.0 Å². The van der Waals surface area contributed by atoms with E-state index < -0.39 is 6.10 Å². The third-order valence-corrected chi connectivity index (χ3v) is 3.78. The van der Waals surface area contributed by atoms with Crippen molar-refractivity contribution in [3.63, 3.8) is 0 Å². The summed E-state index contributed by atoms with van der Waals surface area (Å²) < 4.78 is 15.9. The Bertz CT molecular complexity index is 651. The van der Waals surface area contributed by atoms with Crippen molar-refractivity contribution in [2.45, 2.75) is 19.3 Å². The summed E-state index contributed by atoms with van der Waals surface area (Å²) in [4.78, 5) is 0. The van der Waals surface area contributed by atoms with Gasteiger partial charge in [-0.25, -0.2) is 0 Å². The summed E-state index contributed by atoms with van der Waals surface area (Å²) in [5.74, 6) is 1.26. The molecule has 0 aliphatic carbocycles. The van der Waals surface area contributed by atoms with Gasteiger partial charge in [-0.2, -0.15) is 0 Å². The molecule has 0 fully saturated rings. The number of hydrogen-bond acceptors (Lipinski definition) is 4. The van der Waals surface area contributed by atoms with Crippen molar-refractivity contribution in [1.29, 1.82) is 0 Å². The molecule has 0 radical (unpaired) electrons. The Morgan fingerprint density at radius 1 is 0.905 bits per heavy atom. The third-order valence-electron chi connectivity index (χ3n) is 3.78. The van der Waals surface area contributed by atoms with Crippen LogP contribution in [0.4, 0.5) is 0 Å². The Kier molecular flexibility index (Phi) is 3.82. The Labute approximate surface area is 123 Å². The van der Waals surface area contributed by atoms with Crippen LogP contribution in [0.15, 0.2) is 36.4 Å². The smallest absolute Gasteiger partial charge is 0.161 e. The second-order valence-electron chi connectivity index (χ2n) is 5.04. The highest BCUT2D eigenvalue weighted by molar-refractivity contribution is 5.46. The molecule has 1 aliphatic rings. The predicted octanol–water partition coefficient (Wildman–Crippen LogP) is 2.82. The largest absolute Gasteiger partial charge is 0.493 e. The first kappa shape index (κ1) is 13.9. The molecule has 4 heteroatoms. The second-order valence-corrected chi connectivity index (χ2v) is 5.04. The van der Waals surface area contributed by atoms with E-state index in [2.05, 4.69) is 0 Å². The first-order valence-electron chi connectivity index (χ1n) is 6.82. The van der Waals surface area contributed by atoms with Gasteiger partial charge in [0.2, 0.25) is 0 Å². The van der Waals surface area contributed by atoms with E-state index in [0.717, 1.165) is 16.7 Å². The van der Waals surface area contributed by atoms with Crippen molar-refractivity contribution in [1.82, 2.24) is 0 Å². The summed E-state index contributed by atoms with van der Waals surface area (Å²) in [5.41, 5.74) is 3.96. The molecule has 1 N–H and O–H groups in total. The van der Waals surface area contributed by atoms with Crippen LogP contribution in [0.3, 0.4) is 0 Å². The molecule has 4 nitrogen and oxygen atoms in total. The maximum Gasteiger partial charge on any atom is 0.161 e. The van der Waals surface area contributed by atoms with Crippen molar-refractivity contribution in [3.8, 4) is 11.5 Å². The van der Waals surface area contributed by atoms with E-state index in [1.165, 1.54) is 5.56 Å². The molecule has 0 saturated carbocycles. The van der Waals surface area contributed by atoms with Gasteiger partial charge in [0.05, 0.1) is 27.4 Å². The minimum absolute atomic E-state index is 0.610. The molecule has 2 aromatic rings. The van der Waals surface area contributed by atoms with Crippen molar-refractivity contribution >= 4 is 0 Å². The lowest BCUT2D eigenvalue weighted by Gasteiger charge is -2.15. The molecule has 110 valence electrons. The summed E-state index contributed by atoms with van der Waals surface area (Å²) in [6.45, 7) is 1.27. The Morgan fingerprint density at radius 3 is 2.33 bits per heavy atom. The lowest BCUT2D eigenvalue weighted by Crippen LogP contribution is -2.02. The number of hydrogen-bond donors (Lipinski definition) is 1. The number of fused-ring (bicyclic) bond motifs is 1. The summed E-state index contributed by atoms with van der Waals surface area (Å²) in [6, 6.07) is 11.4. The quantitative estimate of drug-likeness (QED) is 0.939. The van der Waals surface area contributed by atoms with Gasteiger partial charge >= 0.3 is 0 Å². The lowest BCUT2D eigenvalue weighted by atomic mass is 9.97. The standard InChI is InChI=1S/C17H18O4/c1-19-15-6-5-12(8-16(15)20-2)17(18)11-3-4-13-9-21-10-14(13)7-11/h3-8,17-18H,9-10H2,1-2H3. The number of methoxy groups -OCH3 is 2.